The predicted molar refractivity (Wildman–Crippen MR) is 53.9 cm³/mol. The lowest BCUT2D eigenvalue weighted by molar-refractivity contribution is -0.143. The smallest absolute Gasteiger partial charge is 0.306 e. The fraction of sp³-hybridized carbons (Fsp3) is 0.889. The largest absolute Gasteiger partial charge is 0.481 e. The zero-order valence-corrected chi connectivity index (χ0v) is 9.50. The third kappa shape index (κ3) is 4.61. The van der Waals surface area contributed by atoms with E-state index in [2.05, 4.69) is 4.18 Å². The summed E-state index contributed by atoms with van der Waals surface area (Å²) in [5.74, 6) is -0.840. The molecule has 0 spiro atoms. The highest BCUT2D eigenvalue weighted by atomic mass is 32.2. The molecule has 0 bridgehead atoms. The van der Waals surface area contributed by atoms with E-state index in [0.717, 1.165) is 19.1 Å². The van der Waals surface area contributed by atoms with Gasteiger partial charge in [0, 0.05) is 0 Å². The van der Waals surface area contributed by atoms with Crippen molar-refractivity contribution in [1.29, 1.82) is 0 Å². The van der Waals surface area contributed by atoms with Gasteiger partial charge in [-0.15, -0.1) is 0 Å². The van der Waals surface area contributed by atoms with Crippen LogP contribution in [0.1, 0.15) is 25.7 Å². The highest BCUT2D eigenvalue weighted by molar-refractivity contribution is 7.85. The third-order valence-electron chi connectivity index (χ3n) is 2.71. The van der Waals surface area contributed by atoms with Gasteiger partial charge in [-0.25, -0.2) is 0 Å². The van der Waals surface area contributed by atoms with Crippen molar-refractivity contribution in [2.24, 2.45) is 11.8 Å². The minimum absolute atomic E-state index is 0.176. The molecule has 0 atom stereocenters. The maximum absolute atomic E-state index is 10.7. The SMILES string of the molecule is CS(=O)(=O)OC[C@H]1CC[C@H](C(=O)O)CC1. The molecular formula is C9H16O5S. The van der Waals surface area contributed by atoms with Gasteiger partial charge in [-0.3, -0.25) is 8.98 Å². The first-order valence-corrected chi connectivity index (χ1v) is 6.77. The molecule has 0 aromatic carbocycles. The van der Waals surface area contributed by atoms with Crippen molar-refractivity contribution in [3.8, 4) is 0 Å². The molecule has 0 unspecified atom stereocenters. The quantitative estimate of drug-likeness (QED) is 0.732. The maximum Gasteiger partial charge on any atom is 0.306 e. The molecule has 0 aromatic rings. The van der Waals surface area contributed by atoms with Gasteiger partial charge in [0.05, 0.1) is 18.8 Å². The van der Waals surface area contributed by atoms with E-state index in [1.807, 2.05) is 0 Å². The highest BCUT2D eigenvalue weighted by Crippen LogP contribution is 2.29. The van der Waals surface area contributed by atoms with E-state index in [0.29, 0.717) is 12.8 Å². The topological polar surface area (TPSA) is 80.7 Å². The molecule has 6 heteroatoms. The van der Waals surface area contributed by atoms with Crippen molar-refractivity contribution in [1.82, 2.24) is 0 Å². The minimum atomic E-state index is -3.37. The van der Waals surface area contributed by atoms with Gasteiger partial charge in [-0.2, -0.15) is 8.42 Å². The van der Waals surface area contributed by atoms with Crippen molar-refractivity contribution in [2.45, 2.75) is 25.7 Å². The molecule has 88 valence electrons. The van der Waals surface area contributed by atoms with Crippen molar-refractivity contribution in [3.05, 3.63) is 0 Å². The Hall–Kier alpha value is -0.620. The first-order valence-electron chi connectivity index (χ1n) is 4.95. The van der Waals surface area contributed by atoms with E-state index in [-0.39, 0.29) is 18.4 Å². The van der Waals surface area contributed by atoms with Gasteiger partial charge in [0.1, 0.15) is 0 Å². The van der Waals surface area contributed by atoms with Crippen LogP contribution in [0.25, 0.3) is 0 Å². The van der Waals surface area contributed by atoms with Crippen molar-refractivity contribution in [3.63, 3.8) is 0 Å². The Morgan fingerprint density at radius 2 is 1.87 bits per heavy atom. The Morgan fingerprint density at radius 1 is 1.33 bits per heavy atom. The monoisotopic (exact) mass is 236 g/mol. The number of carboxylic acid groups (broad SMARTS) is 1. The molecule has 1 saturated carbocycles. The van der Waals surface area contributed by atoms with Gasteiger partial charge < -0.3 is 5.11 Å². The maximum atomic E-state index is 10.7. The van der Waals surface area contributed by atoms with E-state index in [1.54, 1.807) is 0 Å². The Morgan fingerprint density at radius 3 is 2.27 bits per heavy atom. The van der Waals surface area contributed by atoms with Crippen LogP contribution in [0.5, 0.6) is 0 Å². The average Bonchev–Trinajstić information content (AvgIpc) is 2.14. The summed E-state index contributed by atoms with van der Waals surface area (Å²) in [6.07, 6.45) is 3.72. The van der Waals surface area contributed by atoms with Gasteiger partial charge in [-0.1, -0.05) is 0 Å². The van der Waals surface area contributed by atoms with E-state index in [4.69, 9.17) is 5.11 Å². The van der Waals surface area contributed by atoms with Crippen molar-refractivity contribution >= 4 is 16.1 Å². The molecule has 0 heterocycles. The van der Waals surface area contributed by atoms with Gasteiger partial charge in [0.2, 0.25) is 0 Å². The molecular weight excluding hydrogens is 220 g/mol. The summed E-state index contributed by atoms with van der Waals surface area (Å²) in [6, 6.07) is 0. The second kappa shape index (κ2) is 4.94. The summed E-state index contributed by atoms with van der Waals surface area (Å²) < 4.78 is 26.1. The Kier molecular flexibility index (Phi) is 4.10. The van der Waals surface area contributed by atoms with E-state index in [9.17, 15) is 13.2 Å². The van der Waals surface area contributed by atoms with Crippen LogP contribution < -0.4 is 0 Å². The van der Waals surface area contributed by atoms with Crippen LogP contribution >= 0.6 is 0 Å². The lowest BCUT2D eigenvalue weighted by Crippen LogP contribution is -2.24. The number of hydrogen-bond donors (Lipinski definition) is 1. The summed E-state index contributed by atoms with van der Waals surface area (Å²) >= 11 is 0. The fourth-order valence-corrected chi connectivity index (χ4v) is 2.24. The van der Waals surface area contributed by atoms with Crippen LogP contribution in [0.3, 0.4) is 0 Å². The van der Waals surface area contributed by atoms with Crippen LogP contribution in [0.2, 0.25) is 0 Å². The Balaban J connectivity index is 2.29. The molecule has 0 radical (unpaired) electrons. The Bertz CT molecular complexity index is 313. The fourth-order valence-electron chi connectivity index (χ4n) is 1.80. The molecule has 1 fully saturated rings. The number of hydrogen-bond acceptors (Lipinski definition) is 4. The molecule has 0 amide bonds. The van der Waals surface area contributed by atoms with Crippen LogP contribution in [-0.4, -0.2) is 32.4 Å². The second-order valence-corrected chi connectivity index (χ2v) is 5.69. The summed E-state index contributed by atoms with van der Waals surface area (Å²) in [5, 5.41) is 8.76. The lowest BCUT2D eigenvalue weighted by atomic mass is 9.82. The van der Waals surface area contributed by atoms with E-state index < -0.39 is 16.1 Å². The van der Waals surface area contributed by atoms with Crippen molar-refractivity contribution in [2.75, 3.05) is 12.9 Å². The van der Waals surface area contributed by atoms with Gasteiger partial charge in [-0.05, 0) is 31.6 Å². The molecule has 1 rings (SSSR count). The van der Waals surface area contributed by atoms with Crippen LogP contribution in [0, 0.1) is 11.8 Å². The number of carbonyl (C=O) groups is 1. The first-order chi connectivity index (χ1) is 6.88. The third-order valence-corrected chi connectivity index (χ3v) is 3.28. The van der Waals surface area contributed by atoms with Gasteiger partial charge in [0.15, 0.2) is 0 Å². The van der Waals surface area contributed by atoms with Crippen LogP contribution in [-0.2, 0) is 19.1 Å². The van der Waals surface area contributed by atoms with E-state index >= 15 is 0 Å². The standard InChI is InChI=1S/C9H16O5S/c1-15(12,13)14-6-7-2-4-8(5-3-7)9(10)11/h7-8H,2-6H2,1H3,(H,10,11)/t7-,8-. The summed E-state index contributed by atoms with van der Waals surface area (Å²) in [7, 11) is -3.37. The number of aliphatic carboxylic acids is 1. The minimum Gasteiger partial charge on any atom is -0.481 e. The first kappa shape index (κ1) is 12.4. The molecule has 0 aromatic heterocycles. The summed E-state index contributed by atoms with van der Waals surface area (Å²) in [4.78, 5) is 10.7. The molecule has 0 aliphatic heterocycles. The van der Waals surface area contributed by atoms with Gasteiger partial charge >= 0.3 is 5.97 Å². The summed E-state index contributed by atoms with van der Waals surface area (Å²) in [5.41, 5.74) is 0. The van der Waals surface area contributed by atoms with Crippen LogP contribution in [0.4, 0.5) is 0 Å². The zero-order chi connectivity index (χ0) is 11.5. The predicted octanol–water partition coefficient (Wildman–Crippen LogP) is 0.854. The molecule has 0 saturated heterocycles. The van der Waals surface area contributed by atoms with Crippen molar-refractivity contribution < 1.29 is 22.5 Å². The normalized spacial score (nSPS) is 27.5. The van der Waals surface area contributed by atoms with Crippen LogP contribution in [0.15, 0.2) is 0 Å². The number of rotatable bonds is 4. The van der Waals surface area contributed by atoms with Gasteiger partial charge in [0.25, 0.3) is 10.1 Å². The summed E-state index contributed by atoms with van der Waals surface area (Å²) in [6.45, 7) is 0.186. The lowest BCUT2D eigenvalue weighted by Gasteiger charge is -2.25. The average molecular weight is 236 g/mol. The molecule has 1 N–H and O–H groups in total. The molecule has 1 aliphatic carbocycles. The zero-order valence-electron chi connectivity index (χ0n) is 8.68. The number of carboxylic acids is 1. The molecule has 1 aliphatic rings. The van der Waals surface area contributed by atoms with E-state index in [1.165, 1.54) is 0 Å². The Labute approximate surface area is 89.6 Å². The molecule has 15 heavy (non-hydrogen) atoms. The second-order valence-electron chi connectivity index (χ2n) is 4.04. The molecule has 5 nitrogen and oxygen atoms in total. The highest BCUT2D eigenvalue weighted by Gasteiger charge is 2.26.